The third-order valence-electron chi connectivity index (χ3n) is 5.99. The summed E-state index contributed by atoms with van der Waals surface area (Å²) in [6, 6.07) is 11.9. The van der Waals surface area contributed by atoms with Crippen molar-refractivity contribution in [2.75, 3.05) is 25.1 Å². The van der Waals surface area contributed by atoms with Crippen molar-refractivity contribution in [1.29, 1.82) is 0 Å². The highest BCUT2D eigenvalue weighted by Crippen LogP contribution is 2.20. The summed E-state index contributed by atoms with van der Waals surface area (Å²) in [7, 11) is 0. The molecule has 0 saturated carbocycles. The number of pyridine rings is 1. The molecule has 11 nitrogen and oxygen atoms in total. The van der Waals surface area contributed by atoms with Crippen LogP contribution in [0.5, 0.6) is 0 Å². The van der Waals surface area contributed by atoms with Gasteiger partial charge in [0.1, 0.15) is 24.3 Å². The number of amides is 3. The highest BCUT2D eigenvalue weighted by molar-refractivity contribution is 6.31. The molecule has 1 unspecified atom stereocenters. The average molecular weight is 575 g/mol. The SMILES string of the molecule is CC(=O)N(NCc1cccc(F)c1Cl)[C@@H](CCCNC(=O)C(N)CO)COC(=O)Nc1cc2ccccc2cn1. The molecule has 0 spiro atoms. The van der Waals surface area contributed by atoms with Crippen molar-refractivity contribution in [2.24, 2.45) is 5.73 Å². The van der Waals surface area contributed by atoms with Crippen molar-refractivity contribution in [1.82, 2.24) is 20.7 Å². The molecule has 3 amide bonds. The van der Waals surface area contributed by atoms with Gasteiger partial charge in [0, 0.05) is 31.6 Å². The van der Waals surface area contributed by atoms with E-state index in [4.69, 9.17) is 27.2 Å². The Bertz CT molecular complexity index is 1330. The second kappa shape index (κ2) is 15.1. The monoisotopic (exact) mass is 574 g/mol. The lowest BCUT2D eigenvalue weighted by atomic mass is 10.1. The Hall–Kier alpha value is -3.84. The summed E-state index contributed by atoms with van der Waals surface area (Å²) in [4.78, 5) is 41.2. The second-order valence-electron chi connectivity index (χ2n) is 8.95. The number of nitrogens with one attached hydrogen (secondary N) is 3. The van der Waals surface area contributed by atoms with E-state index >= 15 is 0 Å². The number of aliphatic hydroxyl groups is 1. The Morgan fingerprint density at radius 3 is 2.65 bits per heavy atom. The fourth-order valence-electron chi connectivity index (χ4n) is 3.87. The first-order valence-corrected chi connectivity index (χ1v) is 13.0. The van der Waals surface area contributed by atoms with E-state index in [2.05, 4.69) is 21.0 Å². The summed E-state index contributed by atoms with van der Waals surface area (Å²) in [5, 5.41) is 17.2. The Kier molecular flexibility index (Phi) is 11.6. The van der Waals surface area contributed by atoms with Crippen molar-refractivity contribution in [3.8, 4) is 0 Å². The number of aliphatic hydroxyl groups excluding tert-OH is 1. The van der Waals surface area contributed by atoms with Crippen LogP contribution in [0.15, 0.2) is 54.7 Å². The number of rotatable bonds is 13. The molecule has 3 aromatic rings. The molecule has 40 heavy (non-hydrogen) atoms. The summed E-state index contributed by atoms with van der Waals surface area (Å²) in [5.74, 6) is -1.19. The van der Waals surface area contributed by atoms with Gasteiger partial charge in [0.2, 0.25) is 11.8 Å². The van der Waals surface area contributed by atoms with Gasteiger partial charge in [0.05, 0.1) is 17.7 Å². The number of hydrogen-bond acceptors (Lipinski definition) is 8. The normalized spacial score (nSPS) is 12.4. The van der Waals surface area contributed by atoms with Crippen LogP contribution in [0.25, 0.3) is 10.8 Å². The van der Waals surface area contributed by atoms with E-state index in [1.165, 1.54) is 24.1 Å². The molecular formula is C27H32ClFN6O5. The number of nitrogens with two attached hydrogens (primary N) is 1. The van der Waals surface area contributed by atoms with Crippen LogP contribution in [0.1, 0.15) is 25.3 Å². The van der Waals surface area contributed by atoms with E-state index in [1.807, 2.05) is 24.3 Å². The van der Waals surface area contributed by atoms with E-state index in [0.29, 0.717) is 24.2 Å². The minimum absolute atomic E-state index is 0.0297. The summed E-state index contributed by atoms with van der Waals surface area (Å²) < 4.78 is 19.3. The number of anilines is 1. The predicted molar refractivity (Wildman–Crippen MR) is 149 cm³/mol. The van der Waals surface area contributed by atoms with Crippen molar-refractivity contribution in [3.63, 3.8) is 0 Å². The smallest absolute Gasteiger partial charge is 0.412 e. The molecule has 0 radical (unpaired) electrons. The Labute approximate surface area is 235 Å². The summed E-state index contributed by atoms with van der Waals surface area (Å²) >= 11 is 6.05. The molecule has 214 valence electrons. The fraction of sp³-hybridized carbons (Fsp3) is 0.333. The van der Waals surface area contributed by atoms with Crippen molar-refractivity contribution in [2.45, 2.75) is 38.4 Å². The van der Waals surface area contributed by atoms with Gasteiger partial charge in [-0.15, -0.1) is 0 Å². The lowest BCUT2D eigenvalue weighted by Crippen LogP contribution is -2.51. The highest BCUT2D eigenvalue weighted by atomic mass is 35.5. The van der Waals surface area contributed by atoms with Gasteiger partial charge in [-0.2, -0.15) is 0 Å². The highest BCUT2D eigenvalue weighted by Gasteiger charge is 2.24. The lowest BCUT2D eigenvalue weighted by Gasteiger charge is -2.31. The maximum atomic E-state index is 13.9. The maximum Gasteiger partial charge on any atom is 0.412 e. The molecule has 0 saturated heterocycles. The first kappa shape index (κ1) is 30.7. The van der Waals surface area contributed by atoms with Crippen LogP contribution in [-0.2, 0) is 20.9 Å². The molecule has 13 heteroatoms. The van der Waals surface area contributed by atoms with E-state index in [1.54, 1.807) is 18.3 Å². The Morgan fingerprint density at radius 2 is 1.93 bits per heavy atom. The topological polar surface area (TPSA) is 159 Å². The molecule has 2 atom stereocenters. The largest absolute Gasteiger partial charge is 0.447 e. The average Bonchev–Trinajstić information content (AvgIpc) is 2.94. The number of carbonyl (C=O) groups excluding carboxylic acids is 3. The number of carbonyl (C=O) groups is 3. The zero-order valence-electron chi connectivity index (χ0n) is 21.9. The minimum Gasteiger partial charge on any atom is -0.447 e. The van der Waals surface area contributed by atoms with Gasteiger partial charge in [-0.3, -0.25) is 19.9 Å². The van der Waals surface area contributed by atoms with Crippen LogP contribution in [0.2, 0.25) is 5.02 Å². The van der Waals surface area contributed by atoms with Crippen LogP contribution in [0.3, 0.4) is 0 Å². The molecule has 0 aliphatic rings. The number of nitrogens with zero attached hydrogens (tertiary/aromatic N) is 2. The molecule has 0 aliphatic heterocycles. The molecule has 6 N–H and O–H groups in total. The fourth-order valence-corrected chi connectivity index (χ4v) is 4.06. The number of hydrogen-bond donors (Lipinski definition) is 5. The molecule has 0 fully saturated rings. The number of aromatic nitrogens is 1. The van der Waals surface area contributed by atoms with Gasteiger partial charge in [0.25, 0.3) is 0 Å². The van der Waals surface area contributed by atoms with E-state index in [9.17, 15) is 18.8 Å². The number of fused-ring (bicyclic) bond motifs is 1. The van der Waals surface area contributed by atoms with E-state index < -0.39 is 36.5 Å². The van der Waals surface area contributed by atoms with Gasteiger partial charge in [0.15, 0.2) is 0 Å². The zero-order chi connectivity index (χ0) is 29.1. The van der Waals surface area contributed by atoms with Gasteiger partial charge >= 0.3 is 6.09 Å². The van der Waals surface area contributed by atoms with Gasteiger partial charge < -0.3 is 20.9 Å². The molecule has 2 aromatic carbocycles. The van der Waals surface area contributed by atoms with Crippen LogP contribution < -0.4 is 21.8 Å². The third kappa shape index (κ3) is 8.85. The van der Waals surface area contributed by atoms with Gasteiger partial charge in [-0.1, -0.05) is 48.0 Å². The first-order chi connectivity index (χ1) is 19.2. The summed E-state index contributed by atoms with van der Waals surface area (Å²) in [6.07, 6.45) is 1.55. The quantitative estimate of drug-likeness (QED) is 0.154. The number of ether oxygens (including phenoxy) is 1. The van der Waals surface area contributed by atoms with Crippen molar-refractivity contribution >= 4 is 46.1 Å². The van der Waals surface area contributed by atoms with Crippen molar-refractivity contribution in [3.05, 3.63) is 71.1 Å². The van der Waals surface area contributed by atoms with E-state index in [-0.39, 0.29) is 30.6 Å². The minimum atomic E-state index is -1.04. The molecular weight excluding hydrogens is 543 g/mol. The summed E-state index contributed by atoms with van der Waals surface area (Å²) in [6.45, 7) is 0.870. The predicted octanol–water partition coefficient (Wildman–Crippen LogP) is 2.71. The molecule has 3 rings (SSSR count). The standard InChI is InChI=1S/C27H32ClFN6O5/c1-17(37)35(33-14-20-8-4-10-22(29)25(20)28)21(9-5-11-31-26(38)23(30)15-36)16-40-27(39)34-24-12-18-6-2-3-7-19(18)13-32-24/h2-4,6-8,10,12-13,21,23,33,36H,5,9,11,14-16,30H2,1H3,(H,31,38)(H,32,34,39)/t21-,23?/m0/s1. The Morgan fingerprint density at radius 1 is 1.18 bits per heavy atom. The molecule has 0 aliphatic carbocycles. The number of hydrazine groups is 1. The summed E-state index contributed by atoms with van der Waals surface area (Å²) in [5.41, 5.74) is 8.88. The van der Waals surface area contributed by atoms with Crippen LogP contribution in [0, 0.1) is 5.82 Å². The molecule has 0 bridgehead atoms. The lowest BCUT2D eigenvalue weighted by molar-refractivity contribution is -0.136. The maximum absolute atomic E-state index is 13.9. The zero-order valence-corrected chi connectivity index (χ0v) is 22.7. The van der Waals surface area contributed by atoms with Crippen LogP contribution in [0.4, 0.5) is 15.0 Å². The van der Waals surface area contributed by atoms with Crippen LogP contribution in [-0.4, -0.2) is 64.8 Å². The van der Waals surface area contributed by atoms with Crippen molar-refractivity contribution < 1.29 is 28.6 Å². The molecule has 1 heterocycles. The first-order valence-electron chi connectivity index (χ1n) is 12.6. The Balaban J connectivity index is 1.66. The molecule has 1 aromatic heterocycles. The number of halogens is 2. The van der Waals surface area contributed by atoms with Gasteiger partial charge in [-0.25, -0.2) is 19.6 Å². The van der Waals surface area contributed by atoms with Crippen LogP contribution >= 0.6 is 11.6 Å². The van der Waals surface area contributed by atoms with E-state index in [0.717, 1.165) is 10.8 Å². The van der Waals surface area contributed by atoms with Gasteiger partial charge in [-0.05, 0) is 35.9 Å². The third-order valence-corrected chi connectivity index (χ3v) is 6.41. The second-order valence-corrected chi connectivity index (χ2v) is 9.33. The number of benzene rings is 2.